The molecule has 2 aromatic rings. The van der Waals surface area contributed by atoms with Crippen LogP contribution in [0.25, 0.3) is 0 Å². The van der Waals surface area contributed by atoms with Gasteiger partial charge < -0.3 is 21.3 Å². The average molecular weight is 423 g/mol. The van der Waals surface area contributed by atoms with Crippen molar-refractivity contribution in [2.45, 2.75) is 11.8 Å². The van der Waals surface area contributed by atoms with E-state index >= 15 is 0 Å². The van der Waals surface area contributed by atoms with Crippen molar-refractivity contribution in [1.82, 2.24) is 5.32 Å². The fourth-order valence-electron chi connectivity index (χ4n) is 3.02. The van der Waals surface area contributed by atoms with E-state index < -0.39 is 0 Å². The van der Waals surface area contributed by atoms with Crippen LogP contribution in [-0.2, 0) is 4.79 Å². The molecule has 1 fully saturated rings. The van der Waals surface area contributed by atoms with Crippen LogP contribution in [0.15, 0.2) is 56.2 Å². The first kappa shape index (κ1) is 19.2. The van der Waals surface area contributed by atoms with Crippen LogP contribution in [0, 0.1) is 11.3 Å². The smallest absolute Gasteiger partial charge is 0.266 e. The van der Waals surface area contributed by atoms with Crippen molar-refractivity contribution in [1.29, 1.82) is 5.26 Å². The van der Waals surface area contributed by atoms with E-state index in [1.54, 1.807) is 12.1 Å². The van der Waals surface area contributed by atoms with Gasteiger partial charge >= 0.3 is 0 Å². The van der Waals surface area contributed by atoms with E-state index in [4.69, 9.17) is 5.73 Å². The molecule has 7 nitrogen and oxygen atoms in total. The molecule has 0 saturated carbocycles. The maximum atomic E-state index is 12.7. The van der Waals surface area contributed by atoms with Gasteiger partial charge in [0.1, 0.15) is 4.91 Å². The molecule has 0 radical (unpaired) electrons. The Morgan fingerprint density at radius 2 is 2.10 bits per heavy atom. The Balaban J connectivity index is 1.67. The summed E-state index contributed by atoms with van der Waals surface area (Å²) in [4.78, 5) is 20.9. The number of nitrogens with one attached hydrogen (secondary N) is 2. The number of amides is 1. The minimum absolute atomic E-state index is 0.190. The van der Waals surface area contributed by atoms with Crippen LogP contribution in [-0.4, -0.2) is 24.7 Å². The third-order valence-electron chi connectivity index (χ3n) is 4.39. The standard InChI is InChI=1S/C20H18N6OS2/c1-3-23-13-6-4-11(10-21)8-14(13)24-20-25-18(27)17(29-20)19-26(2)15-9-12(22)5-7-16(15)28-19/h4-9,23H,3,22H2,1-2H3,(H,24,25,27). The molecule has 2 aliphatic rings. The molecule has 0 aliphatic carbocycles. The number of nitriles is 1. The van der Waals surface area contributed by atoms with Gasteiger partial charge in [-0.25, -0.2) is 4.99 Å². The first-order valence-corrected chi connectivity index (χ1v) is 10.5. The van der Waals surface area contributed by atoms with Gasteiger partial charge in [0.05, 0.1) is 33.7 Å². The number of rotatable bonds is 3. The molecule has 4 N–H and O–H groups in total. The van der Waals surface area contributed by atoms with Gasteiger partial charge in [-0.3, -0.25) is 4.79 Å². The van der Waals surface area contributed by atoms with Crippen molar-refractivity contribution in [3.8, 4) is 6.07 Å². The third-order valence-corrected chi connectivity index (χ3v) is 6.73. The largest absolute Gasteiger partial charge is 0.399 e. The Hall–Kier alpha value is -3.09. The first-order valence-electron chi connectivity index (χ1n) is 8.91. The fraction of sp³-hybridized carbons (Fsp3) is 0.150. The summed E-state index contributed by atoms with van der Waals surface area (Å²) in [7, 11) is 1.92. The zero-order valence-corrected chi connectivity index (χ0v) is 17.4. The monoisotopic (exact) mass is 422 g/mol. The minimum Gasteiger partial charge on any atom is -0.399 e. The number of nitrogens with two attached hydrogens (primary N) is 1. The predicted octanol–water partition coefficient (Wildman–Crippen LogP) is 3.83. The molecule has 0 unspecified atom stereocenters. The van der Waals surface area contributed by atoms with Crippen LogP contribution in [0.4, 0.5) is 22.7 Å². The Labute approximate surface area is 177 Å². The third kappa shape index (κ3) is 3.64. The Morgan fingerprint density at radius 1 is 1.28 bits per heavy atom. The average Bonchev–Trinajstić information content (AvgIpc) is 3.22. The summed E-state index contributed by atoms with van der Waals surface area (Å²) >= 11 is 2.83. The molecule has 0 spiro atoms. The molecule has 29 heavy (non-hydrogen) atoms. The van der Waals surface area contributed by atoms with Crippen molar-refractivity contribution in [2.75, 3.05) is 29.5 Å². The van der Waals surface area contributed by atoms with Gasteiger partial charge in [0, 0.05) is 24.2 Å². The van der Waals surface area contributed by atoms with E-state index in [0.717, 1.165) is 27.8 Å². The van der Waals surface area contributed by atoms with Gasteiger partial charge in [0.2, 0.25) is 0 Å². The number of carbonyl (C=O) groups excluding carboxylic acids is 1. The van der Waals surface area contributed by atoms with Crippen LogP contribution in [0.5, 0.6) is 0 Å². The molecule has 1 amide bonds. The number of aliphatic imine (C=N–C) groups is 1. The second-order valence-electron chi connectivity index (χ2n) is 6.37. The lowest BCUT2D eigenvalue weighted by atomic mass is 10.2. The maximum absolute atomic E-state index is 12.7. The lowest BCUT2D eigenvalue weighted by molar-refractivity contribution is -0.115. The number of nitrogens with zero attached hydrogens (tertiary/aromatic N) is 3. The predicted molar refractivity (Wildman–Crippen MR) is 120 cm³/mol. The molecule has 0 aromatic heterocycles. The Kier molecular flexibility index (Phi) is 5.13. The van der Waals surface area contributed by atoms with Crippen molar-refractivity contribution in [3.63, 3.8) is 0 Å². The van der Waals surface area contributed by atoms with E-state index in [-0.39, 0.29) is 5.91 Å². The highest BCUT2D eigenvalue weighted by Gasteiger charge is 2.33. The van der Waals surface area contributed by atoms with Gasteiger partial charge in [0.15, 0.2) is 5.17 Å². The van der Waals surface area contributed by atoms with Crippen LogP contribution >= 0.6 is 23.5 Å². The molecule has 9 heteroatoms. The molecule has 146 valence electrons. The lowest BCUT2D eigenvalue weighted by Crippen LogP contribution is -2.21. The molecule has 0 atom stereocenters. The quantitative estimate of drug-likeness (QED) is 0.510. The minimum atomic E-state index is -0.190. The number of nitrogen functional groups attached to an aromatic ring is 1. The summed E-state index contributed by atoms with van der Waals surface area (Å²) in [6.45, 7) is 2.71. The highest BCUT2D eigenvalue weighted by atomic mass is 32.2. The van der Waals surface area contributed by atoms with E-state index in [0.29, 0.717) is 27.0 Å². The summed E-state index contributed by atoms with van der Waals surface area (Å²) in [6, 6.07) is 13.1. The van der Waals surface area contributed by atoms with E-state index in [1.807, 2.05) is 43.1 Å². The van der Waals surface area contributed by atoms with Crippen molar-refractivity contribution in [2.24, 2.45) is 4.99 Å². The van der Waals surface area contributed by atoms with Gasteiger partial charge in [-0.1, -0.05) is 11.8 Å². The zero-order valence-electron chi connectivity index (χ0n) is 15.8. The molecule has 2 aliphatic heterocycles. The summed E-state index contributed by atoms with van der Waals surface area (Å²) in [5.74, 6) is -0.190. The highest BCUT2D eigenvalue weighted by molar-refractivity contribution is 8.19. The van der Waals surface area contributed by atoms with Gasteiger partial charge in [-0.15, -0.1) is 0 Å². The van der Waals surface area contributed by atoms with Gasteiger partial charge in [-0.05, 0) is 55.1 Å². The fourth-order valence-corrected chi connectivity index (χ4v) is 5.19. The zero-order chi connectivity index (χ0) is 20.5. The van der Waals surface area contributed by atoms with Crippen molar-refractivity contribution < 1.29 is 4.79 Å². The summed E-state index contributed by atoms with van der Waals surface area (Å²) in [6.07, 6.45) is 0. The molecule has 2 heterocycles. The number of hydrogen-bond acceptors (Lipinski definition) is 8. The summed E-state index contributed by atoms with van der Waals surface area (Å²) in [5, 5.41) is 16.6. The summed E-state index contributed by atoms with van der Waals surface area (Å²) < 4.78 is 0. The van der Waals surface area contributed by atoms with E-state index in [1.165, 1.54) is 23.5 Å². The first-order chi connectivity index (χ1) is 14.0. The maximum Gasteiger partial charge on any atom is 0.266 e. The second kappa shape index (κ2) is 7.73. The van der Waals surface area contributed by atoms with Crippen LogP contribution in [0.2, 0.25) is 0 Å². The number of carbonyl (C=O) groups is 1. The molecule has 1 saturated heterocycles. The summed E-state index contributed by atoms with van der Waals surface area (Å²) in [5.41, 5.74) is 9.50. The van der Waals surface area contributed by atoms with Gasteiger partial charge in [0.25, 0.3) is 5.91 Å². The second-order valence-corrected chi connectivity index (χ2v) is 8.40. The topological polar surface area (TPSA) is 107 Å². The number of hydrogen-bond donors (Lipinski definition) is 3. The molecular weight excluding hydrogens is 404 g/mol. The number of anilines is 3. The molecular formula is C20H18N6OS2. The number of fused-ring (bicyclic) bond motifs is 1. The normalized spacial score (nSPS) is 19.3. The molecule has 4 rings (SSSR count). The SMILES string of the molecule is CCNc1ccc(C#N)cc1N=C1NC(=O)C(=C2Sc3ccc(N)cc3N2C)S1. The van der Waals surface area contributed by atoms with Crippen molar-refractivity contribution in [3.05, 3.63) is 51.9 Å². The van der Waals surface area contributed by atoms with Crippen molar-refractivity contribution >= 4 is 57.3 Å². The van der Waals surface area contributed by atoms with E-state index in [2.05, 4.69) is 21.7 Å². The van der Waals surface area contributed by atoms with Gasteiger partial charge in [-0.2, -0.15) is 5.26 Å². The van der Waals surface area contributed by atoms with Crippen LogP contribution < -0.4 is 21.3 Å². The van der Waals surface area contributed by atoms with E-state index in [9.17, 15) is 10.1 Å². The Morgan fingerprint density at radius 3 is 2.86 bits per heavy atom. The number of benzene rings is 2. The lowest BCUT2D eigenvalue weighted by Gasteiger charge is -2.14. The highest BCUT2D eigenvalue weighted by Crippen LogP contribution is 2.49. The van der Waals surface area contributed by atoms with Crippen LogP contribution in [0.3, 0.4) is 0 Å². The molecule has 0 bridgehead atoms. The molecule has 2 aromatic carbocycles. The number of amidine groups is 1. The van der Waals surface area contributed by atoms with Crippen LogP contribution in [0.1, 0.15) is 12.5 Å². The number of thioether (sulfide) groups is 2. The Bertz CT molecular complexity index is 1120.